The van der Waals surface area contributed by atoms with Crippen molar-refractivity contribution in [2.75, 3.05) is 11.8 Å². The zero-order valence-electron chi connectivity index (χ0n) is 18.6. The van der Waals surface area contributed by atoms with E-state index < -0.39 is 13.3 Å². The van der Waals surface area contributed by atoms with Crippen molar-refractivity contribution in [1.29, 1.82) is 0 Å². The molecule has 0 bridgehead atoms. The lowest BCUT2D eigenvalue weighted by atomic mass is 10.3. The molecule has 0 amide bonds. The molecule has 0 nitrogen and oxygen atoms in total. The summed E-state index contributed by atoms with van der Waals surface area (Å²) in [4.78, 5) is 0. The molecule has 0 aliphatic rings. The number of halogens is 4. The number of rotatable bonds is 8. The van der Waals surface area contributed by atoms with Crippen LogP contribution in [0, 0.1) is 5.92 Å². The molecule has 0 spiro atoms. The number of hydrogen-bond acceptors (Lipinski definition) is 0. The highest BCUT2D eigenvalue weighted by molar-refractivity contribution is 8.16. The highest BCUT2D eigenvalue weighted by Crippen LogP contribution is 2.62. The smallest absolute Gasteiger partial charge is 0.0921 e. The van der Waals surface area contributed by atoms with Crippen LogP contribution in [0.1, 0.15) is 76.2 Å². The predicted molar refractivity (Wildman–Crippen MR) is 142 cm³/mol. The summed E-state index contributed by atoms with van der Waals surface area (Å²) in [6, 6.07) is 0. The van der Waals surface area contributed by atoms with Crippen molar-refractivity contribution < 1.29 is 0 Å². The van der Waals surface area contributed by atoms with E-state index in [1.54, 1.807) is 0 Å². The lowest BCUT2D eigenvalue weighted by Gasteiger charge is -2.34. The van der Waals surface area contributed by atoms with Crippen molar-refractivity contribution in [2.45, 2.75) is 98.8 Å². The first-order valence-electron chi connectivity index (χ1n) is 9.32. The molecule has 0 N–H and O–H groups in total. The van der Waals surface area contributed by atoms with Gasteiger partial charge in [-0.15, -0.1) is 0 Å². The Balaban J connectivity index is -0.000000397. The lowest BCUT2D eigenvalue weighted by Crippen LogP contribution is -2.12. The molecule has 0 aromatic rings. The van der Waals surface area contributed by atoms with Crippen molar-refractivity contribution in [2.24, 2.45) is 5.92 Å². The summed E-state index contributed by atoms with van der Waals surface area (Å²) < 4.78 is 0. The van der Waals surface area contributed by atoms with Gasteiger partial charge in [-0.3, -0.25) is 0 Å². The molecule has 8 heteroatoms. The van der Waals surface area contributed by atoms with Gasteiger partial charge in [0.25, 0.3) is 0 Å². The molecular weight excluding hydrogens is 482 g/mol. The fraction of sp³-hybridized carbons (Fsp3) is 1.00. The van der Waals surface area contributed by atoms with Crippen molar-refractivity contribution in [3.63, 3.8) is 0 Å². The third-order valence-corrected chi connectivity index (χ3v) is 16.7. The molecule has 0 heterocycles. The summed E-state index contributed by atoms with van der Waals surface area (Å²) in [5.41, 5.74) is 3.62. The van der Waals surface area contributed by atoms with Crippen LogP contribution in [0.5, 0.6) is 0 Å². The third-order valence-electron chi connectivity index (χ3n) is 3.19. The zero-order valence-corrected chi connectivity index (χ0v) is 25.2. The second-order valence-electron chi connectivity index (χ2n) is 8.02. The molecule has 0 saturated heterocycles. The van der Waals surface area contributed by atoms with Crippen LogP contribution in [0.3, 0.4) is 0 Å². The standard InChI is InChI=1S/C13H30P2.C4H10.CH2Cl4P2/c1-10(2)14(11(3)4)9-15(12(5)6)13(7)8;1-4(2)3;2-6(3)1-7(4)5/h10-13H,9H2,1-8H3;4H,1-3H3;1H2. The van der Waals surface area contributed by atoms with Crippen LogP contribution in [-0.4, -0.2) is 34.4 Å². The van der Waals surface area contributed by atoms with Crippen molar-refractivity contribution in [1.82, 2.24) is 0 Å². The van der Waals surface area contributed by atoms with E-state index in [2.05, 4.69) is 76.2 Å². The first kappa shape index (κ1) is 33.5. The lowest BCUT2D eigenvalue weighted by molar-refractivity contribution is 0.737. The molecule has 0 unspecified atom stereocenters. The minimum atomic E-state index is -0.931. The summed E-state index contributed by atoms with van der Waals surface area (Å²) in [6.07, 6.45) is 0. The minimum absolute atomic E-state index is 0.246. The van der Waals surface area contributed by atoms with E-state index in [0.29, 0.717) is 5.90 Å². The van der Waals surface area contributed by atoms with Gasteiger partial charge in [-0.1, -0.05) is 137 Å². The Labute approximate surface area is 189 Å². The zero-order chi connectivity index (χ0) is 21.6. The van der Waals surface area contributed by atoms with Crippen LogP contribution in [0.15, 0.2) is 0 Å². The molecular formula is C18H42Cl4P4. The molecule has 0 aliphatic carbocycles. The predicted octanol–water partition coefficient (Wildman–Crippen LogP) is 11.7. The molecule has 0 fully saturated rings. The van der Waals surface area contributed by atoms with Gasteiger partial charge >= 0.3 is 0 Å². The quantitative estimate of drug-likeness (QED) is 0.277. The minimum Gasteiger partial charge on any atom is -0.0970 e. The molecule has 0 radical (unpaired) electrons. The van der Waals surface area contributed by atoms with Gasteiger partial charge in [0.1, 0.15) is 0 Å². The fourth-order valence-corrected chi connectivity index (χ4v) is 17.7. The van der Waals surface area contributed by atoms with Crippen LogP contribution in [0.25, 0.3) is 0 Å². The van der Waals surface area contributed by atoms with E-state index in [4.69, 9.17) is 45.0 Å². The average Bonchev–Trinajstić information content (AvgIpc) is 2.35. The molecule has 0 atom stereocenters. The average molecular weight is 524 g/mol. The Hall–Kier alpha value is 2.88. The maximum absolute atomic E-state index is 5.35. The van der Waals surface area contributed by atoms with E-state index in [-0.39, 0.29) is 15.8 Å². The van der Waals surface area contributed by atoms with Gasteiger partial charge < -0.3 is 0 Å². The molecule has 26 heavy (non-hydrogen) atoms. The molecule has 0 aromatic heterocycles. The summed E-state index contributed by atoms with van der Waals surface area (Å²) in [7, 11) is 0.492. The molecule has 0 aromatic carbocycles. The van der Waals surface area contributed by atoms with Crippen LogP contribution >= 0.6 is 74.1 Å². The maximum Gasteiger partial charge on any atom is 0.0921 e. The Bertz CT molecular complexity index is 256. The first-order chi connectivity index (χ1) is 11.6. The topological polar surface area (TPSA) is 0 Å². The highest BCUT2D eigenvalue weighted by atomic mass is 35.9. The Morgan fingerprint density at radius 1 is 0.462 bits per heavy atom. The number of hydrogen-bond donors (Lipinski definition) is 0. The van der Waals surface area contributed by atoms with Crippen LogP contribution < -0.4 is 0 Å². The summed E-state index contributed by atoms with van der Waals surface area (Å²) in [5, 5.41) is 0. The summed E-state index contributed by atoms with van der Waals surface area (Å²) >= 11 is 21.4. The van der Waals surface area contributed by atoms with Gasteiger partial charge in [-0.25, -0.2) is 0 Å². The molecule has 0 saturated carbocycles. The summed E-state index contributed by atoms with van der Waals surface area (Å²) in [5.74, 6) is 2.92. The van der Waals surface area contributed by atoms with E-state index in [0.717, 1.165) is 28.6 Å². The Morgan fingerprint density at radius 2 is 0.654 bits per heavy atom. The van der Waals surface area contributed by atoms with Gasteiger partial charge in [0.05, 0.1) is 13.3 Å². The van der Waals surface area contributed by atoms with Gasteiger partial charge in [0, 0.05) is 5.90 Å². The van der Waals surface area contributed by atoms with E-state index >= 15 is 0 Å². The van der Waals surface area contributed by atoms with Gasteiger partial charge in [0.15, 0.2) is 0 Å². The summed E-state index contributed by atoms with van der Waals surface area (Å²) in [6.45, 7) is 24.0. The molecule has 0 aliphatic heterocycles. The second kappa shape index (κ2) is 19.8. The van der Waals surface area contributed by atoms with Crippen LogP contribution in [0.4, 0.5) is 0 Å². The van der Waals surface area contributed by atoms with Crippen LogP contribution in [-0.2, 0) is 0 Å². The monoisotopic (exact) mass is 522 g/mol. The van der Waals surface area contributed by atoms with Crippen molar-refractivity contribution in [3.8, 4) is 0 Å². The van der Waals surface area contributed by atoms with E-state index in [1.807, 2.05) is 0 Å². The largest absolute Gasteiger partial charge is 0.0970 e. The highest BCUT2D eigenvalue weighted by Gasteiger charge is 2.24. The van der Waals surface area contributed by atoms with Gasteiger partial charge in [-0.2, -0.15) is 0 Å². The van der Waals surface area contributed by atoms with Crippen molar-refractivity contribution >= 4 is 74.1 Å². The second-order valence-corrected chi connectivity index (χ2v) is 23.6. The Morgan fingerprint density at radius 3 is 0.731 bits per heavy atom. The SMILES string of the molecule is CC(C)C.CC(C)P(CP(C(C)C)C(C)C)C(C)C.ClP(Cl)CP(Cl)Cl. The first-order valence-corrected chi connectivity index (χ1v) is 19.3. The third kappa shape index (κ3) is 24.9. The van der Waals surface area contributed by atoms with E-state index in [9.17, 15) is 0 Å². The van der Waals surface area contributed by atoms with Gasteiger partial charge in [0.2, 0.25) is 0 Å². The molecule has 0 rings (SSSR count). The fourth-order valence-electron chi connectivity index (χ4n) is 2.12. The normalized spacial score (nSPS) is 12.0. The van der Waals surface area contributed by atoms with Crippen molar-refractivity contribution in [3.05, 3.63) is 0 Å². The Kier molecular flexibility index (Phi) is 25.6. The van der Waals surface area contributed by atoms with E-state index in [1.165, 1.54) is 5.90 Å². The van der Waals surface area contributed by atoms with Gasteiger partial charge in [-0.05, 0) is 34.5 Å². The van der Waals surface area contributed by atoms with Crippen LogP contribution in [0.2, 0.25) is 0 Å². The maximum atomic E-state index is 5.35. The molecule has 162 valence electrons.